The lowest BCUT2D eigenvalue weighted by Gasteiger charge is -2.14. The summed E-state index contributed by atoms with van der Waals surface area (Å²) in [5.74, 6) is -0.912. The standard InChI is InChI=1S/C17H16BrNO3/c1-11-6-5-7-13(10-11)19-16(20)12(2)22-17(21)14-8-3-4-9-15(14)18/h3-10,12H,1-2H3,(H,19,20)/t12-/m1/s1. The number of aryl methyl sites for hydroxylation is 1. The number of benzene rings is 2. The quantitative estimate of drug-likeness (QED) is 0.839. The van der Waals surface area contributed by atoms with Crippen LogP contribution in [-0.2, 0) is 9.53 Å². The molecule has 0 aliphatic rings. The van der Waals surface area contributed by atoms with Gasteiger partial charge in [0.2, 0.25) is 0 Å². The van der Waals surface area contributed by atoms with E-state index in [1.54, 1.807) is 37.3 Å². The predicted molar refractivity (Wildman–Crippen MR) is 88.8 cm³/mol. The summed E-state index contributed by atoms with van der Waals surface area (Å²) in [6.07, 6.45) is -0.889. The molecule has 0 fully saturated rings. The number of ether oxygens (including phenoxy) is 1. The number of anilines is 1. The van der Waals surface area contributed by atoms with E-state index in [9.17, 15) is 9.59 Å². The molecule has 0 radical (unpaired) electrons. The molecular weight excluding hydrogens is 346 g/mol. The SMILES string of the molecule is Cc1cccc(NC(=O)[C@@H](C)OC(=O)c2ccccc2Br)c1. The molecule has 2 rings (SSSR count). The smallest absolute Gasteiger partial charge is 0.340 e. The maximum Gasteiger partial charge on any atom is 0.340 e. The van der Waals surface area contributed by atoms with Crippen LogP contribution in [-0.4, -0.2) is 18.0 Å². The molecule has 0 bridgehead atoms. The van der Waals surface area contributed by atoms with E-state index in [-0.39, 0.29) is 5.91 Å². The molecule has 4 nitrogen and oxygen atoms in total. The lowest BCUT2D eigenvalue weighted by atomic mass is 10.2. The maximum absolute atomic E-state index is 12.1. The fourth-order valence-electron chi connectivity index (χ4n) is 1.87. The summed E-state index contributed by atoms with van der Waals surface area (Å²) >= 11 is 3.28. The van der Waals surface area contributed by atoms with Crippen LogP contribution in [0.4, 0.5) is 5.69 Å². The van der Waals surface area contributed by atoms with Crippen LogP contribution in [0.2, 0.25) is 0 Å². The number of esters is 1. The van der Waals surface area contributed by atoms with Crippen LogP contribution in [0.15, 0.2) is 53.0 Å². The minimum atomic E-state index is -0.889. The van der Waals surface area contributed by atoms with Crippen molar-refractivity contribution in [2.24, 2.45) is 0 Å². The lowest BCUT2D eigenvalue weighted by molar-refractivity contribution is -0.123. The van der Waals surface area contributed by atoms with Crippen molar-refractivity contribution in [1.29, 1.82) is 0 Å². The first-order chi connectivity index (χ1) is 10.5. The molecule has 2 aromatic rings. The summed E-state index contributed by atoms with van der Waals surface area (Å²) in [5, 5.41) is 2.73. The monoisotopic (exact) mass is 361 g/mol. The molecule has 0 aromatic heterocycles. The normalized spacial score (nSPS) is 11.6. The fraction of sp³-hybridized carbons (Fsp3) is 0.176. The van der Waals surface area contributed by atoms with E-state index >= 15 is 0 Å². The van der Waals surface area contributed by atoms with Gasteiger partial charge in [0, 0.05) is 10.2 Å². The van der Waals surface area contributed by atoms with Crippen molar-refractivity contribution >= 4 is 33.5 Å². The Hall–Kier alpha value is -2.14. The van der Waals surface area contributed by atoms with Gasteiger partial charge in [-0.3, -0.25) is 4.79 Å². The molecule has 2 aromatic carbocycles. The van der Waals surface area contributed by atoms with E-state index < -0.39 is 12.1 Å². The van der Waals surface area contributed by atoms with Gasteiger partial charge in [-0.25, -0.2) is 4.79 Å². The summed E-state index contributed by atoms with van der Waals surface area (Å²) in [6, 6.07) is 14.3. The average molecular weight is 362 g/mol. The molecule has 0 aliphatic carbocycles. The Bertz CT molecular complexity index is 700. The number of amides is 1. The minimum absolute atomic E-state index is 0.369. The van der Waals surface area contributed by atoms with E-state index in [1.165, 1.54) is 0 Å². The summed E-state index contributed by atoms with van der Waals surface area (Å²) in [7, 11) is 0. The van der Waals surface area contributed by atoms with Crippen molar-refractivity contribution in [1.82, 2.24) is 0 Å². The summed E-state index contributed by atoms with van der Waals surface area (Å²) in [5.41, 5.74) is 2.10. The number of halogens is 1. The maximum atomic E-state index is 12.1. The number of hydrogen-bond acceptors (Lipinski definition) is 3. The van der Waals surface area contributed by atoms with Gasteiger partial charge in [0.25, 0.3) is 5.91 Å². The molecule has 114 valence electrons. The van der Waals surface area contributed by atoms with Crippen molar-refractivity contribution in [3.05, 3.63) is 64.1 Å². The molecule has 1 N–H and O–H groups in total. The zero-order valence-electron chi connectivity index (χ0n) is 12.3. The topological polar surface area (TPSA) is 55.4 Å². The van der Waals surface area contributed by atoms with Gasteiger partial charge in [-0.05, 0) is 59.6 Å². The van der Waals surface area contributed by atoms with Crippen LogP contribution in [0.1, 0.15) is 22.8 Å². The van der Waals surface area contributed by atoms with Gasteiger partial charge >= 0.3 is 5.97 Å². The van der Waals surface area contributed by atoms with E-state index in [0.717, 1.165) is 5.56 Å². The van der Waals surface area contributed by atoms with E-state index in [0.29, 0.717) is 15.7 Å². The van der Waals surface area contributed by atoms with Gasteiger partial charge in [-0.15, -0.1) is 0 Å². The highest BCUT2D eigenvalue weighted by molar-refractivity contribution is 9.10. The number of hydrogen-bond donors (Lipinski definition) is 1. The second-order valence-electron chi connectivity index (χ2n) is 4.89. The molecular formula is C17H16BrNO3. The summed E-state index contributed by atoms with van der Waals surface area (Å²) < 4.78 is 5.83. The Kier molecular flexibility index (Phi) is 5.33. The third-order valence-electron chi connectivity index (χ3n) is 3.03. The predicted octanol–water partition coefficient (Wildman–Crippen LogP) is 3.94. The van der Waals surface area contributed by atoms with Gasteiger partial charge in [0.05, 0.1) is 5.56 Å². The summed E-state index contributed by atoms with van der Waals surface area (Å²) in [6.45, 7) is 3.48. The number of carbonyl (C=O) groups is 2. The van der Waals surface area contributed by atoms with Crippen molar-refractivity contribution in [2.75, 3.05) is 5.32 Å². The second kappa shape index (κ2) is 7.22. The Balaban J connectivity index is 1.99. The van der Waals surface area contributed by atoms with Crippen LogP contribution < -0.4 is 5.32 Å². The van der Waals surface area contributed by atoms with Crippen molar-refractivity contribution < 1.29 is 14.3 Å². The Morgan fingerprint density at radius 1 is 1.14 bits per heavy atom. The van der Waals surface area contributed by atoms with Crippen LogP contribution in [0, 0.1) is 6.92 Å². The second-order valence-corrected chi connectivity index (χ2v) is 5.74. The van der Waals surface area contributed by atoms with Crippen molar-refractivity contribution in [3.8, 4) is 0 Å². The minimum Gasteiger partial charge on any atom is -0.449 e. The molecule has 1 atom stereocenters. The van der Waals surface area contributed by atoms with Gasteiger partial charge in [-0.1, -0.05) is 24.3 Å². The molecule has 0 saturated carbocycles. The first-order valence-corrected chi connectivity index (χ1v) is 7.59. The highest BCUT2D eigenvalue weighted by atomic mass is 79.9. The highest BCUT2D eigenvalue weighted by Gasteiger charge is 2.20. The first kappa shape index (κ1) is 16.2. The molecule has 0 spiro atoms. The van der Waals surface area contributed by atoms with E-state index in [1.807, 2.05) is 25.1 Å². The zero-order valence-corrected chi connectivity index (χ0v) is 13.9. The fourth-order valence-corrected chi connectivity index (χ4v) is 2.32. The number of carbonyl (C=O) groups excluding carboxylic acids is 2. The molecule has 0 saturated heterocycles. The van der Waals surface area contributed by atoms with Crippen molar-refractivity contribution in [2.45, 2.75) is 20.0 Å². The molecule has 5 heteroatoms. The highest BCUT2D eigenvalue weighted by Crippen LogP contribution is 2.18. The number of rotatable bonds is 4. The Morgan fingerprint density at radius 3 is 2.55 bits per heavy atom. The van der Waals surface area contributed by atoms with Crippen LogP contribution in [0.25, 0.3) is 0 Å². The molecule has 0 unspecified atom stereocenters. The third kappa shape index (κ3) is 4.18. The lowest BCUT2D eigenvalue weighted by Crippen LogP contribution is -2.30. The van der Waals surface area contributed by atoms with Gasteiger partial charge in [0.1, 0.15) is 0 Å². The molecule has 1 amide bonds. The zero-order chi connectivity index (χ0) is 16.1. The molecule has 22 heavy (non-hydrogen) atoms. The van der Waals surface area contributed by atoms with Gasteiger partial charge < -0.3 is 10.1 Å². The molecule has 0 aliphatic heterocycles. The van der Waals surface area contributed by atoms with E-state index in [2.05, 4.69) is 21.2 Å². The Labute approximate surface area is 137 Å². The van der Waals surface area contributed by atoms with Crippen LogP contribution in [0.5, 0.6) is 0 Å². The van der Waals surface area contributed by atoms with Gasteiger partial charge in [0.15, 0.2) is 6.10 Å². The largest absolute Gasteiger partial charge is 0.449 e. The van der Waals surface area contributed by atoms with Crippen LogP contribution >= 0.6 is 15.9 Å². The molecule has 0 heterocycles. The Morgan fingerprint density at radius 2 is 1.86 bits per heavy atom. The van der Waals surface area contributed by atoms with Crippen LogP contribution in [0.3, 0.4) is 0 Å². The van der Waals surface area contributed by atoms with Gasteiger partial charge in [-0.2, -0.15) is 0 Å². The number of nitrogens with one attached hydrogen (secondary N) is 1. The summed E-state index contributed by atoms with van der Waals surface area (Å²) in [4.78, 5) is 24.1. The average Bonchev–Trinajstić information content (AvgIpc) is 2.47. The third-order valence-corrected chi connectivity index (χ3v) is 3.72. The first-order valence-electron chi connectivity index (χ1n) is 6.80. The van der Waals surface area contributed by atoms with E-state index in [4.69, 9.17) is 4.74 Å². The van der Waals surface area contributed by atoms with Crippen molar-refractivity contribution in [3.63, 3.8) is 0 Å².